The average molecular weight is 336 g/mol. The molecular formula is C15H24N6OS. The summed E-state index contributed by atoms with van der Waals surface area (Å²) >= 11 is 1.40. The van der Waals surface area contributed by atoms with Crippen LogP contribution in [0.5, 0.6) is 0 Å². The molecule has 7 nitrogen and oxygen atoms in total. The van der Waals surface area contributed by atoms with Crippen LogP contribution in [0, 0.1) is 12.8 Å². The van der Waals surface area contributed by atoms with Gasteiger partial charge in [-0.1, -0.05) is 25.6 Å². The van der Waals surface area contributed by atoms with Crippen molar-refractivity contribution in [3.8, 4) is 11.5 Å². The topological polar surface area (TPSA) is 77.6 Å². The third-order valence-corrected chi connectivity index (χ3v) is 4.38. The number of aromatic nitrogens is 5. The Labute approximate surface area is 140 Å². The van der Waals surface area contributed by atoms with Gasteiger partial charge in [0.2, 0.25) is 5.91 Å². The van der Waals surface area contributed by atoms with Crippen LogP contribution in [-0.4, -0.2) is 42.7 Å². The molecule has 0 bridgehead atoms. The van der Waals surface area contributed by atoms with E-state index in [1.165, 1.54) is 11.8 Å². The van der Waals surface area contributed by atoms with Crippen LogP contribution in [0.2, 0.25) is 0 Å². The lowest BCUT2D eigenvalue weighted by molar-refractivity contribution is -0.118. The first-order valence-corrected chi connectivity index (χ1v) is 8.74. The molecule has 0 aliphatic carbocycles. The van der Waals surface area contributed by atoms with E-state index >= 15 is 0 Å². The zero-order valence-electron chi connectivity index (χ0n) is 14.3. The molecule has 0 aromatic carbocycles. The fraction of sp³-hybridized carbons (Fsp3) is 0.600. The van der Waals surface area contributed by atoms with E-state index < -0.39 is 0 Å². The summed E-state index contributed by atoms with van der Waals surface area (Å²) in [5.41, 5.74) is 1.86. The van der Waals surface area contributed by atoms with Crippen LogP contribution in [0.25, 0.3) is 11.5 Å². The predicted molar refractivity (Wildman–Crippen MR) is 91.2 cm³/mol. The van der Waals surface area contributed by atoms with Crippen molar-refractivity contribution in [1.29, 1.82) is 0 Å². The maximum atomic E-state index is 11.8. The molecule has 0 radical (unpaired) electrons. The maximum absolute atomic E-state index is 11.8. The van der Waals surface area contributed by atoms with Crippen LogP contribution in [0.1, 0.15) is 26.5 Å². The van der Waals surface area contributed by atoms with Gasteiger partial charge >= 0.3 is 0 Å². The Hall–Kier alpha value is -1.83. The maximum Gasteiger partial charge on any atom is 0.230 e. The highest BCUT2D eigenvalue weighted by Crippen LogP contribution is 2.23. The molecule has 1 amide bonds. The number of carbonyl (C=O) groups is 1. The van der Waals surface area contributed by atoms with Gasteiger partial charge in [0.25, 0.3) is 0 Å². The summed E-state index contributed by atoms with van der Waals surface area (Å²) in [6.07, 6.45) is 0. The summed E-state index contributed by atoms with van der Waals surface area (Å²) in [6.45, 7) is 9.60. The predicted octanol–water partition coefficient (Wildman–Crippen LogP) is 1.87. The smallest absolute Gasteiger partial charge is 0.230 e. The molecule has 0 aliphatic heterocycles. The third-order valence-electron chi connectivity index (χ3n) is 3.42. The molecule has 2 heterocycles. The van der Waals surface area contributed by atoms with E-state index in [-0.39, 0.29) is 5.91 Å². The largest absolute Gasteiger partial charge is 0.355 e. The first kappa shape index (κ1) is 17.5. The molecule has 1 N–H and O–H groups in total. The summed E-state index contributed by atoms with van der Waals surface area (Å²) in [4.78, 5) is 11.8. The lowest BCUT2D eigenvalue weighted by Crippen LogP contribution is -2.28. The molecule has 2 aromatic rings. The minimum Gasteiger partial charge on any atom is -0.355 e. The Balaban J connectivity index is 2.08. The number of amides is 1. The van der Waals surface area contributed by atoms with Crippen LogP contribution in [0.15, 0.2) is 11.2 Å². The molecule has 2 rings (SSSR count). The summed E-state index contributed by atoms with van der Waals surface area (Å²) in [6, 6.07) is 1.99. The molecular weight excluding hydrogens is 312 g/mol. The number of rotatable bonds is 7. The first-order chi connectivity index (χ1) is 10.9. The van der Waals surface area contributed by atoms with Gasteiger partial charge in [-0.05, 0) is 25.8 Å². The van der Waals surface area contributed by atoms with Crippen LogP contribution < -0.4 is 5.32 Å². The quantitative estimate of drug-likeness (QED) is 0.781. The molecule has 126 valence electrons. The highest BCUT2D eigenvalue weighted by molar-refractivity contribution is 7.99. The number of nitrogens with one attached hydrogen (secondary N) is 1. The summed E-state index contributed by atoms with van der Waals surface area (Å²) < 4.78 is 3.80. The Morgan fingerprint density at radius 1 is 1.39 bits per heavy atom. The van der Waals surface area contributed by atoms with Gasteiger partial charge in [-0.3, -0.25) is 9.48 Å². The lowest BCUT2D eigenvalue weighted by atomic mass is 10.2. The van der Waals surface area contributed by atoms with Crippen molar-refractivity contribution < 1.29 is 4.79 Å². The summed E-state index contributed by atoms with van der Waals surface area (Å²) in [5.74, 6) is 1.54. The molecule has 0 unspecified atom stereocenters. The Morgan fingerprint density at radius 2 is 2.13 bits per heavy atom. The van der Waals surface area contributed by atoms with Gasteiger partial charge in [0, 0.05) is 25.8 Å². The fourth-order valence-electron chi connectivity index (χ4n) is 2.04. The third kappa shape index (κ3) is 4.34. The van der Waals surface area contributed by atoms with Crippen molar-refractivity contribution in [2.45, 2.75) is 39.4 Å². The van der Waals surface area contributed by atoms with Crippen molar-refractivity contribution in [2.24, 2.45) is 13.0 Å². The summed E-state index contributed by atoms with van der Waals surface area (Å²) in [7, 11) is 1.90. The second-order valence-corrected chi connectivity index (χ2v) is 6.77. The van der Waals surface area contributed by atoms with Crippen molar-refractivity contribution in [2.75, 3.05) is 12.3 Å². The molecule has 0 atom stereocenters. The van der Waals surface area contributed by atoms with E-state index in [1.807, 2.05) is 36.2 Å². The normalized spacial score (nSPS) is 11.2. The molecule has 0 saturated heterocycles. The SMILES string of the molecule is CCn1c(SCC(=O)NCC(C)C)nnc1-c1cc(C)n(C)n1. The molecule has 0 fully saturated rings. The van der Waals surface area contributed by atoms with Gasteiger partial charge in [0.05, 0.1) is 5.75 Å². The number of thioether (sulfide) groups is 1. The number of aryl methyl sites for hydroxylation is 2. The van der Waals surface area contributed by atoms with Gasteiger partial charge in [-0.2, -0.15) is 5.10 Å². The zero-order valence-corrected chi connectivity index (χ0v) is 15.1. The Morgan fingerprint density at radius 3 is 2.70 bits per heavy atom. The Bertz CT molecular complexity index is 656. The Kier molecular flexibility index (Phi) is 5.81. The number of carbonyl (C=O) groups excluding carboxylic acids is 1. The molecule has 2 aromatic heterocycles. The van der Waals surface area contributed by atoms with Crippen LogP contribution in [0.4, 0.5) is 0 Å². The van der Waals surface area contributed by atoms with E-state index in [4.69, 9.17) is 0 Å². The van der Waals surface area contributed by atoms with Gasteiger partial charge in [0.1, 0.15) is 5.69 Å². The first-order valence-electron chi connectivity index (χ1n) is 7.76. The summed E-state index contributed by atoms with van der Waals surface area (Å²) in [5, 5.41) is 16.6. The van der Waals surface area contributed by atoms with Crippen molar-refractivity contribution in [3.05, 3.63) is 11.8 Å². The van der Waals surface area contributed by atoms with E-state index in [0.29, 0.717) is 18.2 Å². The van der Waals surface area contributed by atoms with Crippen LogP contribution >= 0.6 is 11.8 Å². The molecule has 23 heavy (non-hydrogen) atoms. The number of hydrogen-bond acceptors (Lipinski definition) is 5. The second-order valence-electron chi connectivity index (χ2n) is 5.83. The lowest BCUT2D eigenvalue weighted by Gasteiger charge is -2.08. The van der Waals surface area contributed by atoms with E-state index in [9.17, 15) is 4.79 Å². The highest BCUT2D eigenvalue weighted by Gasteiger charge is 2.17. The monoisotopic (exact) mass is 336 g/mol. The van der Waals surface area contributed by atoms with Gasteiger partial charge < -0.3 is 9.88 Å². The van der Waals surface area contributed by atoms with Crippen LogP contribution in [0.3, 0.4) is 0 Å². The average Bonchev–Trinajstić information content (AvgIpc) is 3.06. The van der Waals surface area contributed by atoms with E-state index in [2.05, 4.69) is 34.5 Å². The standard InChI is InChI=1S/C15H24N6OS/c1-6-21-14(12-7-11(4)20(5)19-12)17-18-15(21)23-9-13(22)16-8-10(2)3/h7,10H,6,8-9H2,1-5H3,(H,16,22). The number of hydrogen-bond donors (Lipinski definition) is 1. The molecule has 0 saturated carbocycles. The molecule has 8 heteroatoms. The fourth-order valence-corrected chi connectivity index (χ4v) is 2.87. The molecule has 0 aliphatic rings. The van der Waals surface area contributed by atoms with Crippen molar-refractivity contribution in [1.82, 2.24) is 29.9 Å². The number of nitrogens with zero attached hydrogens (tertiary/aromatic N) is 5. The van der Waals surface area contributed by atoms with Crippen molar-refractivity contribution >= 4 is 17.7 Å². The highest BCUT2D eigenvalue weighted by atomic mass is 32.2. The van der Waals surface area contributed by atoms with E-state index in [0.717, 1.165) is 28.9 Å². The van der Waals surface area contributed by atoms with Gasteiger partial charge in [-0.15, -0.1) is 10.2 Å². The second kappa shape index (κ2) is 7.63. The van der Waals surface area contributed by atoms with E-state index in [1.54, 1.807) is 0 Å². The minimum atomic E-state index is 0.0181. The van der Waals surface area contributed by atoms with Gasteiger partial charge in [0.15, 0.2) is 11.0 Å². The van der Waals surface area contributed by atoms with Crippen LogP contribution in [-0.2, 0) is 18.4 Å². The van der Waals surface area contributed by atoms with Gasteiger partial charge in [-0.25, -0.2) is 0 Å². The minimum absolute atomic E-state index is 0.0181. The van der Waals surface area contributed by atoms with Crippen molar-refractivity contribution in [3.63, 3.8) is 0 Å². The molecule has 0 spiro atoms. The zero-order chi connectivity index (χ0) is 17.0.